The summed E-state index contributed by atoms with van der Waals surface area (Å²) in [5.74, 6) is -2.99. The van der Waals surface area contributed by atoms with Crippen molar-refractivity contribution in [1.82, 2.24) is 5.32 Å². The molecule has 1 rings (SSSR count). The number of hydrogen-bond donors (Lipinski definition) is 1. The Morgan fingerprint density at radius 1 is 1.07 bits per heavy atom. The van der Waals surface area contributed by atoms with Gasteiger partial charge in [0.05, 0.1) is 0 Å². The van der Waals surface area contributed by atoms with Crippen molar-refractivity contribution < 1.29 is 8.78 Å². The van der Waals surface area contributed by atoms with Gasteiger partial charge in [0, 0.05) is 11.3 Å². The molecule has 0 aromatic rings. The van der Waals surface area contributed by atoms with Crippen molar-refractivity contribution in [2.45, 2.75) is 46.0 Å². The zero-order chi connectivity index (χ0) is 10.8. The average Bonchev–Trinajstić information content (AvgIpc) is 2.29. The van der Waals surface area contributed by atoms with E-state index in [0.717, 1.165) is 19.5 Å². The lowest BCUT2D eigenvalue weighted by molar-refractivity contribution is -0.145. The Bertz CT molecular complexity index is 176. The van der Waals surface area contributed by atoms with Crippen LogP contribution in [0.5, 0.6) is 0 Å². The molecule has 1 nitrogen and oxygen atoms in total. The van der Waals surface area contributed by atoms with Crippen molar-refractivity contribution >= 4 is 0 Å². The minimum absolute atomic E-state index is 0.447. The second-order valence-electron chi connectivity index (χ2n) is 5.25. The summed E-state index contributed by atoms with van der Waals surface area (Å²) in [6.07, 6.45) is 2.12. The Balaban J connectivity index is 2.69. The Hall–Kier alpha value is -0.180. The lowest BCUT2D eigenvalue weighted by atomic mass is 9.77. The summed E-state index contributed by atoms with van der Waals surface area (Å²) in [5.41, 5.74) is -0.915. The van der Waals surface area contributed by atoms with Gasteiger partial charge in [0.2, 0.25) is 0 Å². The zero-order valence-corrected chi connectivity index (χ0v) is 9.37. The standard InChI is InChI=1S/C11H21F2N/c1-10(2,3)11(12,13)9-5-4-7-14-8-6-9/h9,14H,4-8H2,1-3H3. The van der Waals surface area contributed by atoms with Crippen molar-refractivity contribution in [1.29, 1.82) is 0 Å². The molecule has 0 saturated carbocycles. The number of halogens is 2. The lowest BCUT2D eigenvalue weighted by Crippen LogP contribution is -2.41. The van der Waals surface area contributed by atoms with E-state index < -0.39 is 17.3 Å². The van der Waals surface area contributed by atoms with Gasteiger partial charge in [-0.15, -0.1) is 0 Å². The fraction of sp³-hybridized carbons (Fsp3) is 1.00. The number of alkyl halides is 2. The molecule has 1 heterocycles. The quantitative estimate of drug-likeness (QED) is 0.693. The van der Waals surface area contributed by atoms with E-state index in [4.69, 9.17) is 0 Å². The predicted octanol–water partition coefficient (Wildman–Crippen LogP) is 3.06. The summed E-state index contributed by atoms with van der Waals surface area (Å²) < 4.78 is 27.9. The molecule has 14 heavy (non-hydrogen) atoms. The van der Waals surface area contributed by atoms with Gasteiger partial charge in [-0.1, -0.05) is 20.8 Å². The minimum atomic E-state index is -2.54. The van der Waals surface area contributed by atoms with Crippen LogP contribution in [-0.4, -0.2) is 19.0 Å². The lowest BCUT2D eigenvalue weighted by Gasteiger charge is -2.36. The van der Waals surface area contributed by atoms with Crippen molar-refractivity contribution in [2.24, 2.45) is 11.3 Å². The van der Waals surface area contributed by atoms with E-state index in [0.29, 0.717) is 12.8 Å². The van der Waals surface area contributed by atoms with E-state index in [1.807, 2.05) is 0 Å². The first-order valence-electron chi connectivity index (χ1n) is 5.44. The molecule has 3 heteroatoms. The SMILES string of the molecule is CC(C)(C)C(F)(F)C1CCCNCC1. The topological polar surface area (TPSA) is 12.0 Å². The van der Waals surface area contributed by atoms with Crippen LogP contribution in [0.15, 0.2) is 0 Å². The second kappa shape index (κ2) is 4.13. The third-order valence-electron chi connectivity index (χ3n) is 3.09. The predicted molar refractivity (Wildman–Crippen MR) is 54.6 cm³/mol. The van der Waals surface area contributed by atoms with Gasteiger partial charge in [0.25, 0.3) is 5.92 Å². The molecule has 0 amide bonds. The summed E-state index contributed by atoms with van der Waals surface area (Å²) in [7, 11) is 0. The van der Waals surface area contributed by atoms with E-state index >= 15 is 0 Å². The molecule has 0 aromatic carbocycles. The van der Waals surface area contributed by atoms with Gasteiger partial charge in [-0.25, -0.2) is 8.78 Å². The van der Waals surface area contributed by atoms with Crippen molar-refractivity contribution in [3.8, 4) is 0 Å². The van der Waals surface area contributed by atoms with Crippen molar-refractivity contribution in [3.05, 3.63) is 0 Å². The van der Waals surface area contributed by atoms with Crippen LogP contribution >= 0.6 is 0 Å². The molecule has 1 saturated heterocycles. The van der Waals surface area contributed by atoms with E-state index in [1.165, 1.54) is 0 Å². The van der Waals surface area contributed by atoms with Crippen LogP contribution in [0, 0.1) is 11.3 Å². The number of rotatable bonds is 1. The maximum absolute atomic E-state index is 14.0. The highest BCUT2D eigenvalue weighted by Gasteiger charge is 2.49. The van der Waals surface area contributed by atoms with Gasteiger partial charge in [-0.2, -0.15) is 0 Å². The molecule has 1 fully saturated rings. The van der Waals surface area contributed by atoms with Gasteiger partial charge < -0.3 is 5.32 Å². The maximum Gasteiger partial charge on any atom is 0.255 e. The van der Waals surface area contributed by atoms with Crippen LogP contribution in [0.3, 0.4) is 0 Å². The molecule has 0 radical (unpaired) electrons. The monoisotopic (exact) mass is 205 g/mol. The van der Waals surface area contributed by atoms with Gasteiger partial charge in [0.15, 0.2) is 0 Å². The highest BCUT2D eigenvalue weighted by Crippen LogP contribution is 2.44. The van der Waals surface area contributed by atoms with Crippen LogP contribution in [0.4, 0.5) is 8.78 Å². The Labute approximate surface area is 85.3 Å². The van der Waals surface area contributed by atoms with E-state index in [1.54, 1.807) is 20.8 Å². The number of hydrogen-bond acceptors (Lipinski definition) is 1. The molecule has 1 unspecified atom stereocenters. The molecule has 1 aliphatic rings. The largest absolute Gasteiger partial charge is 0.317 e. The molecule has 1 atom stereocenters. The molecular formula is C11H21F2N. The van der Waals surface area contributed by atoms with Crippen LogP contribution in [-0.2, 0) is 0 Å². The van der Waals surface area contributed by atoms with Gasteiger partial charge >= 0.3 is 0 Å². The van der Waals surface area contributed by atoms with Crippen molar-refractivity contribution in [3.63, 3.8) is 0 Å². The first-order valence-corrected chi connectivity index (χ1v) is 5.44. The highest BCUT2D eigenvalue weighted by molar-refractivity contribution is 4.89. The smallest absolute Gasteiger partial charge is 0.255 e. The summed E-state index contributed by atoms with van der Waals surface area (Å²) in [4.78, 5) is 0. The molecule has 0 aliphatic carbocycles. The average molecular weight is 205 g/mol. The molecule has 0 bridgehead atoms. The molecule has 1 aliphatic heterocycles. The first-order chi connectivity index (χ1) is 6.36. The number of nitrogens with one attached hydrogen (secondary N) is 1. The highest BCUT2D eigenvalue weighted by atomic mass is 19.3. The van der Waals surface area contributed by atoms with Gasteiger partial charge in [-0.3, -0.25) is 0 Å². The van der Waals surface area contributed by atoms with E-state index in [-0.39, 0.29) is 0 Å². The minimum Gasteiger partial charge on any atom is -0.317 e. The summed E-state index contributed by atoms with van der Waals surface area (Å²) >= 11 is 0. The molecule has 84 valence electrons. The normalized spacial score (nSPS) is 25.9. The summed E-state index contributed by atoms with van der Waals surface area (Å²) in [5, 5.41) is 3.17. The molecular weight excluding hydrogens is 184 g/mol. The van der Waals surface area contributed by atoms with E-state index in [2.05, 4.69) is 5.32 Å². The fourth-order valence-electron chi connectivity index (χ4n) is 1.99. The van der Waals surface area contributed by atoms with Crippen LogP contribution < -0.4 is 5.32 Å². The fourth-order valence-corrected chi connectivity index (χ4v) is 1.99. The Morgan fingerprint density at radius 2 is 1.71 bits per heavy atom. The van der Waals surface area contributed by atoms with Crippen LogP contribution in [0.25, 0.3) is 0 Å². The van der Waals surface area contributed by atoms with Crippen molar-refractivity contribution in [2.75, 3.05) is 13.1 Å². The van der Waals surface area contributed by atoms with E-state index in [9.17, 15) is 8.78 Å². The molecule has 1 N–H and O–H groups in total. The van der Waals surface area contributed by atoms with Gasteiger partial charge in [0.1, 0.15) is 0 Å². The molecule has 0 aromatic heterocycles. The first kappa shape index (κ1) is 11.9. The summed E-state index contributed by atoms with van der Waals surface area (Å²) in [6.45, 7) is 6.51. The van der Waals surface area contributed by atoms with Gasteiger partial charge in [-0.05, 0) is 32.4 Å². The molecule has 0 spiro atoms. The third kappa shape index (κ3) is 2.44. The maximum atomic E-state index is 14.0. The summed E-state index contributed by atoms with van der Waals surface area (Å²) in [6, 6.07) is 0. The second-order valence-corrected chi connectivity index (χ2v) is 5.25. The zero-order valence-electron chi connectivity index (χ0n) is 9.37. The Morgan fingerprint density at radius 3 is 2.29 bits per heavy atom. The van der Waals surface area contributed by atoms with Crippen LogP contribution in [0.1, 0.15) is 40.0 Å². The Kier molecular flexibility index (Phi) is 3.51. The third-order valence-corrected chi connectivity index (χ3v) is 3.09. The van der Waals surface area contributed by atoms with Crippen LogP contribution in [0.2, 0.25) is 0 Å².